The number of carbonyl (C=O) groups excluding carboxylic acids is 1. The number of sulfonamides is 1. The Balaban J connectivity index is 1.68. The van der Waals surface area contributed by atoms with Crippen LogP contribution in [-0.2, 0) is 15.4 Å². The number of aromatic nitrogens is 1. The molecule has 0 radical (unpaired) electrons. The molecule has 7 heteroatoms. The number of nitrogens with one attached hydrogen (secondary N) is 1. The molecule has 1 aromatic heterocycles. The molecule has 0 saturated heterocycles. The van der Waals surface area contributed by atoms with Crippen LogP contribution in [0.4, 0.5) is 0 Å². The molecule has 1 amide bonds. The van der Waals surface area contributed by atoms with Crippen LogP contribution < -0.4 is 9.46 Å². The molecule has 0 bridgehead atoms. The number of fused-ring (bicyclic) bond motifs is 1. The van der Waals surface area contributed by atoms with Gasteiger partial charge in [0.05, 0.1) is 12.8 Å². The Kier molecular flexibility index (Phi) is 6.15. The number of rotatable bonds is 5. The summed E-state index contributed by atoms with van der Waals surface area (Å²) in [5.41, 5.74) is 2.53. The molecule has 6 nitrogen and oxygen atoms in total. The number of pyridine rings is 1. The maximum absolute atomic E-state index is 13.2. The molecule has 0 atom stereocenters. The van der Waals surface area contributed by atoms with Crippen molar-refractivity contribution in [1.82, 2.24) is 9.71 Å². The van der Waals surface area contributed by atoms with Crippen molar-refractivity contribution in [2.24, 2.45) is 0 Å². The molecule has 0 fully saturated rings. The summed E-state index contributed by atoms with van der Waals surface area (Å²) in [6, 6.07) is 21.5. The molecular weight excluding hydrogens is 448 g/mol. The number of methoxy groups -OCH3 is 1. The average Bonchev–Trinajstić information content (AvgIpc) is 2.82. The number of carbonyl (C=O) groups is 1. The van der Waals surface area contributed by atoms with Gasteiger partial charge in [-0.05, 0) is 58.1 Å². The van der Waals surface area contributed by atoms with Crippen LogP contribution in [0.3, 0.4) is 0 Å². The van der Waals surface area contributed by atoms with Crippen LogP contribution in [0.15, 0.2) is 83.9 Å². The van der Waals surface area contributed by atoms with Crippen molar-refractivity contribution in [3.63, 3.8) is 0 Å². The van der Waals surface area contributed by atoms with Crippen molar-refractivity contribution in [3.05, 3.63) is 90.1 Å². The zero-order valence-electron chi connectivity index (χ0n) is 19.5. The lowest BCUT2D eigenvalue weighted by molar-refractivity contribution is 0.0981. The zero-order valence-corrected chi connectivity index (χ0v) is 20.3. The molecule has 0 aliphatic carbocycles. The molecule has 174 valence electrons. The quantitative estimate of drug-likeness (QED) is 0.423. The molecule has 0 aliphatic heterocycles. The Hall–Kier alpha value is -3.71. The number of hydrogen-bond acceptors (Lipinski definition) is 5. The summed E-state index contributed by atoms with van der Waals surface area (Å²) in [5, 5.41) is 1.72. The lowest BCUT2D eigenvalue weighted by Gasteiger charge is -2.21. The third-order valence-electron chi connectivity index (χ3n) is 5.63. The normalized spacial score (nSPS) is 11.9. The molecule has 0 aliphatic rings. The first-order chi connectivity index (χ1) is 16.1. The van der Waals surface area contributed by atoms with Crippen molar-refractivity contribution in [3.8, 4) is 17.0 Å². The van der Waals surface area contributed by atoms with Crippen molar-refractivity contribution < 1.29 is 17.9 Å². The van der Waals surface area contributed by atoms with E-state index in [0.717, 1.165) is 27.6 Å². The summed E-state index contributed by atoms with van der Waals surface area (Å²) in [7, 11) is -2.77. The first-order valence-electron chi connectivity index (χ1n) is 10.8. The van der Waals surface area contributed by atoms with Crippen molar-refractivity contribution in [2.75, 3.05) is 7.11 Å². The van der Waals surface area contributed by atoms with Crippen LogP contribution in [0.1, 0.15) is 36.7 Å². The van der Waals surface area contributed by atoms with Gasteiger partial charge in [0.1, 0.15) is 10.6 Å². The van der Waals surface area contributed by atoms with Crippen molar-refractivity contribution >= 4 is 26.7 Å². The number of benzene rings is 3. The van der Waals surface area contributed by atoms with Gasteiger partial charge in [-0.15, -0.1) is 0 Å². The number of amides is 1. The predicted molar refractivity (Wildman–Crippen MR) is 134 cm³/mol. The monoisotopic (exact) mass is 474 g/mol. The highest BCUT2D eigenvalue weighted by Gasteiger charge is 2.26. The Morgan fingerprint density at radius 3 is 2.41 bits per heavy atom. The van der Waals surface area contributed by atoms with Crippen LogP contribution in [0.2, 0.25) is 0 Å². The highest BCUT2D eigenvalue weighted by Crippen LogP contribution is 2.31. The second-order valence-corrected chi connectivity index (χ2v) is 10.7. The standard InChI is InChI=1S/C27H26N2O4S/c1-27(2,3)20-12-14-24(33-4)25(17-20)34(31,32)29-26(30)19-11-13-21-18(16-19)8-7-9-22(21)23-10-5-6-15-28-23/h5-17H,1-4H3,(H,29,30). The van der Waals surface area contributed by atoms with Gasteiger partial charge in [0.25, 0.3) is 15.9 Å². The first kappa shape index (κ1) is 23.4. The molecule has 0 spiro atoms. The van der Waals surface area contributed by atoms with Gasteiger partial charge in [0.15, 0.2) is 0 Å². The minimum absolute atomic E-state index is 0.0750. The molecule has 1 N–H and O–H groups in total. The van der Waals surface area contributed by atoms with E-state index in [0.29, 0.717) is 0 Å². The minimum atomic E-state index is -4.17. The smallest absolute Gasteiger partial charge is 0.268 e. The Morgan fingerprint density at radius 2 is 1.74 bits per heavy atom. The van der Waals surface area contributed by atoms with Crippen LogP contribution in [0.25, 0.3) is 22.0 Å². The highest BCUT2D eigenvalue weighted by atomic mass is 32.2. The Bertz CT molecular complexity index is 1470. The molecule has 0 saturated carbocycles. The molecular formula is C27H26N2O4S. The summed E-state index contributed by atoms with van der Waals surface area (Å²) < 4.78 is 33.8. The fourth-order valence-corrected chi connectivity index (χ4v) is 4.93. The van der Waals surface area contributed by atoms with Gasteiger partial charge >= 0.3 is 0 Å². The van der Waals surface area contributed by atoms with Gasteiger partial charge in [-0.25, -0.2) is 13.1 Å². The van der Waals surface area contributed by atoms with E-state index in [1.54, 1.807) is 30.5 Å². The molecule has 3 aromatic carbocycles. The highest BCUT2D eigenvalue weighted by molar-refractivity contribution is 7.90. The Morgan fingerprint density at radius 1 is 0.941 bits per heavy atom. The van der Waals surface area contributed by atoms with Gasteiger partial charge in [-0.1, -0.05) is 57.2 Å². The van der Waals surface area contributed by atoms with Gasteiger partial charge in [-0.2, -0.15) is 0 Å². The number of hydrogen-bond donors (Lipinski definition) is 1. The van der Waals surface area contributed by atoms with Crippen molar-refractivity contribution in [2.45, 2.75) is 31.1 Å². The van der Waals surface area contributed by atoms with E-state index < -0.39 is 15.9 Å². The second kappa shape index (κ2) is 8.91. The summed E-state index contributed by atoms with van der Waals surface area (Å²) in [6.07, 6.45) is 1.73. The third kappa shape index (κ3) is 4.65. The van der Waals surface area contributed by atoms with E-state index in [1.165, 1.54) is 7.11 Å². The topological polar surface area (TPSA) is 85.4 Å². The maximum Gasteiger partial charge on any atom is 0.268 e. The van der Waals surface area contributed by atoms with E-state index in [4.69, 9.17) is 4.74 Å². The largest absolute Gasteiger partial charge is 0.495 e. The lowest BCUT2D eigenvalue weighted by atomic mass is 9.87. The third-order valence-corrected chi connectivity index (χ3v) is 6.98. The van der Waals surface area contributed by atoms with Gasteiger partial charge in [0.2, 0.25) is 0 Å². The van der Waals surface area contributed by atoms with E-state index in [-0.39, 0.29) is 21.6 Å². The van der Waals surface area contributed by atoms with Crippen LogP contribution >= 0.6 is 0 Å². The SMILES string of the molecule is COc1ccc(C(C)(C)C)cc1S(=O)(=O)NC(=O)c1ccc2c(-c3ccccn3)cccc2c1. The zero-order chi connectivity index (χ0) is 24.5. The molecule has 4 aromatic rings. The van der Waals surface area contributed by atoms with Gasteiger partial charge in [-0.3, -0.25) is 9.78 Å². The molecule has 34 heavy (non-hydrogen) atoms. The van der Waals surface area contributed by atoms with Crippen LogP contribution in [-0.4, -0.2) is 26.4 Å². The maximum atomic E-state index is 13.2. The fraction of sp³-hybridized carbons (Fsp3) is 0.185. The lowest BCUT2D eigenvalue weighted by Crippen LogP contribution is -2.31. The fourth-order valence-electron chi connectivity index (χ4n) is 3.76. The predicted octanol–water partition coefficient (Wildman–Crippen LogP) is 5.33. The average molecular weight is 475 g/mol. The van der Waals surface area contributed by atoms with Gasteiger partial charge in [0, 0.05) is 17.3 Å². The van der Waals surface area contributed by atoms with E-state index >= 15 is 0 Å². The summed E-state index contributed by atoms with van der Waals surface area (Å²) in [4.78, 5) is 17.3. The number of nitrogens with zero attached hydrogens (tertiary/aromatic N) is 1. The Labute approximate surface area is 199 Å². The van der Waals surface area contributed by atoms with E-state index in [9.17, 15) is 13.2 Å². The van der Waals surface area contributed by atoms with E-state index in [2.05, 4.69) is 9.71 Å². The molecule has 4 rings (SSSR count). The van der Waals surface area contributed by atoms with Gasteiger partial charge < -0.3 is 4.74 Å². The number of ether oxygens (including phenoxy) is 1. The first-order valence-corrected chi connectivity index (χ1v) is 12.3. The summed E-state index contributed by atoms with van der Waals surface area (Å²) >= 11 is 0. The summed E-state index contributed by atoms with van der Waals surface area (Å²) in [6.45, 7) is 5.95. The molecule has 0 unspecified atom stereocenters. The van der Waals surface area contributed by atoms with Crippen LogP contribution in [0, 0.1) is 0 Å². The second-order valence-electron chi connectivity index (χ2n) is 9.01. The summed E-state index contributed by atoms with van der Waals surface area (Å²) in [5.74, 6) is -0.542. The molecule has 1 heterocycles. The minimum Gasteiger partial charge on any atom is -0.495 e. The van der Waals surface area contributed by atoms with Crippen LogP contribution in [0.5, 0.6) is 5.75 Å². The van der Waals surface area contributed by atoms with E-state index in [1.807, 2.05) is 69.3 Å². The van der Waals surface area contributed by atoms with Crippen molar-refractivity contribution in [1.29, 1.82) is 0 Å².